The monoisotopic (exact) mass is 182 g/mol. The van der Waals surface area contributed by atoms with Gasteiger partial charge in [-0.3, -0.25) is 4.98 Å². The maximum Gasteiger partial charge on any atom is 0.144 e. The summed E-state index contributed by atoms with van der Waals surface area (Å²) in [5.41, 5.74) is 6.17. The van der Waals surface area contributed by atoms with Crippen molar-refractivity contribution in [2.75, 3.05) is 25.6 Å². The van der Waals surface area contributed by atoms with Crippen LogP contribution in [0, 0.1) is 0 Å². The minimum atomic E-state index is 0.422. The summed E-state index contributed by atoms with van der Waals surface area (Å²) < 4.78 is 4.88. The molecule has 0 bridgehead atoms. The van der Waals surface area contributed by atoms with Crippen molar-refractivity contribution in [2.24, 2.45) is 5.73 Å². The summed E-state index contributed by atoms with van der Waals surface area (Å²) in [5.74, 6) is 0.745. The van der Waals surface area contributed by atoms with Gasteiger partial charge >= 0.3 is 0 Å². The smallest absolute Gasteiger partial charge is 0.144 e. The van der Waals surface area contributed by atoms with Gasteiger partial charge in [0.05, 0.1) is 24.7 Å². The predicted molar refractivity (Wildman–Crippen MR) is 50.3 cm³/mol. The second-order valence-electron chi connectivity index (χ2n) is 2.52. The van der Waals surface area contributed by atoms with E-state index in [1.54, 1.807) is 19.5 Å². The molecule has 0 spiro atoms. The number of hydrogen-bond donors (Lipinski definition) is 2. The third kappa shape index (κ3) is 3.35. The number of methoxy groups -OCH3 is 1. The molecule has 0 aliphatic carbocycles. The fourth-order valence-corrected chi connectivity index (χ4v) is 0.833. The Balaban J connectivity index is 2.40. The van der Waals surface area contributed by atoms with E-state index in [-0.39, 0.29) is 0 Å². The zero-order valence-corrected chi connectivity index (χ0v) is 7.66. The van der Waals surface area contributed by atoms with Crippen LogP contribution in [0.3, 0.4) is 0 Å². The second-order valence-corrected chi connectivity index (χ2v) is 2.52. The summed E-state index contributed by atoms with van der Waals surface area (Å²) in [6.45, 7) is 1.80. The molecule has 13 heavy (non-hydrogen) atoms. The van der Waals surface area contributed by atoms with Crippen molar-refractivity contribution in [3.63, 3.8) is 0 Å². The van der Waals surface area contributed by atoms with E-state index in [2.05, 4.69) is 15.3 Å². The number of rotatable bonds is 5. The van der Waals surface area contributed by atoms with Crippen molar-refractivity contribution in [1.29, 1.82) is 0 Å². The fourth-order valence-electron chi connectivity index (χ4n) is 0.833. The summed E-state index contributed by atoms with van der Waals surface area (Å²) in [6, 6.07) is 0. The van der Waals surface area contributed by atoms with Crippen LogP contribution in [0.5, 0.6) is 0 Å². The number of anilines is 1. The lowest BCUT2D eigenvalue weighted by Gasteiger charge is -2.03. The van der Waals surface area contributed by atoms with Gasteiger partial charge in [-0.2, -0.15) is 0 Å². The highest BCUT2D eigenvalue weighted by molar-refractivity contribution is 5.30. The molecule has 0 aliphatic rings. The lowest BCUT2D eigenvalue weighted by atomic mass is 10.4. The van der Waals surface area contributed by atoms with Crippen molar-refractivity contribution >= 4 is 5.82 Å². The van der Waals surface area contributed by atoms with E-state index in [1.807, 2.05) is 0 Å². The zero-order valence-electron chi connectivity index (χ0n) is 7.66. The predicted octanol–water partition coefficient (Wildman–Crippen LogP) is -0.00640. The SMILES string of the molecule is COCCNc1cnc(CN)cn1. The van der Waals surface area contributed by atoms with Gasteiger partial charge in [0.25, 0.3) is 0 Å². The van der Waals surface area contributed by atoms with Crippen LogP contribution in [-0.2, 0) is 11.3 Å². The standard InChI is InChI=1S/C8H14N4O/c1-13-3-2-10-8-6-11-7(4-9)5-12-8/h5-6H,2-4,9H2,1H3,(H,10,12). The molecular formula is C8H14N4O. The average molecular weight is 182 g/mol. The van der Waals surface area contributed by atoms with E-state index in [0.29, 0.717) is 13.2 Å². The Kier molecular flexibility index (Phi) is 4.14. The van der Waals surface area contributed by atoms with Gasteiger partial charge in [0.15, 0.2) is 0 Å². The molecule has 0 saturated carbocycles. The molecule has 5 heteroatoms. The molecular weight excluding hydrogens is 168 g/mol. The summed E-state index contributed by atoms with van der Waals surface area (Å²) in [4.78, 5) is 8.20. The summed E-state index contributed by atoms with van der Waals surface area (Å²) >= 11 is 0. The van der Waals surface area contributed by atoms with Crippen molar-refractivity contribution in [3.8, 4) is 0 Å². The van der Waals surface area contributed by atoms with Gasteiger partial charge < -0.3 is 15.8 Å². The van der Waals surface area contributed by atoms with Crippen LogP contribution in [-0.4, -0.2) is 30.2 Å². The van der Waals surface area contributed by atoms with Crippen molar-refractivity contribution in [2.45, 2.75) is 6.54 Å². The van der Waals surface area contributed by atoms with Gasteiger partial charge in [-0.25, -0.2) is 4.98 Å². The normalized spacial score (nSPS) is 10.0. The molecule has 0 aromatic carbocycles. The van der Waals surface area contributed by atoms with Crippen molar-refractivity contribution in [3.05, 3.63) is 18.1 Å². The molecule has 0 unspecified atom stereocenters. The third-order valence-electron chi connectivity index (χ3n) is 1.53. The van der Waals surface area contributed by atoms with E-state index in [9.17, 15) is 0 Å². The Hall–Kier alpha value is -1.20. The number of nitrogens with zero attached hydrogens (tertiary/aromatic N) is 2. The summed E-state index contributed by atoms with van der Waals surface area (Å²) in [5, 5.41) is 3.06. The molecule has 5 nitrogen and oxygen atoms in total. The van der Waals surface area contributed by atoms with Gasteiger partial charge in [0.2, 0.25) is 0 Å². The lowest BCUT2D eigenvalue weighted by Crippen LogP contribution is -2.09. The maximum absolute atomic E-state index is 5.38. The van der Waals surface area contributed by atoms with Crippen LogP contribution < -0.4 is 11.1 Å². The number of ether oxygens (including phenoxy) is 1. The van der Waals surface area contributed by atoms with E-state index in [4.69, 9.17) is 10.5 Å². The van der Waals surface area contributed by atoms with E-state index >= 15 is 0 Å². The quantitative estimate of drug-likeness (QED) is 0.627. The van der Waals surface area contributed by atoms with Crippen LogP contribution in [0.2, 0.25) is 0 Å². The summed E-state index contributed by atoms with van der Waals surface area (Å²) in [6.07, 6.45) is 3.33. The fraction of sp³-hybridized carbons (Fsp3) is 0.500. The number of aromatic nitrogens is 2. The third-order valence-corrected chi connectivity index (χ3v) is 1.53. The molecule has 0 atom stereocenters. The molecule has 0 fully saturated rings. The minimum absolute atomic E-state index is 0.422. The first-order chi connectivity index (χ1) is 6.36. The summed E-state index contributed by atoms with van der Waals surface area (Å²) in [7, 11) is 1.66. The molecule has 1 rings (SSSR count). The van der Waals surface area contributed by atoms with Gasteiger partial charge in [0, 0.05) is 20.2 Å². The first-order valence-corrected chi connectivity index (χ1v) is 4.10. The van der Waals surface area contributed by atoms with Gasteiger partial charge in [0.1, 0.15) is 5.82 Å². The molecule has 0 saturated heterocycles. The van der Waals surface area contributed by atoms with Crippen LogP contribution in [0.1, 0.15) is 5.69 Å². The average Bonchev–Trinajstić information content (AvgIpc) is 2.19. The Morgan fingerprint density at radius 1 is 1.46 bits per heavy atom. The number of hydrogen-bond acceptors (Lipinski definition) is 5. The Labute approximate surface area is 77.3 Å². The topological polar surface area (TPSA) is 73.1 Å². The van der Waals surface area contributed by atoms with Crippen molar-refractivity contribution < 1.29 is 4.74 Å². The first kappa shape index (κ1) is 9.88. The second kappa shape index (κ2) is 5.45. The Bertz CT molecular complexity index is 236. The van der Waals surface area contributed by atoms with Crippen molar-refractivity contribution in [1.82, 2.24) is 9.97 Å². The Morgan fingerprint density at radius 3 is 2.85 bits per heavy atom. The zero-order chi connectivity index (χ0) is 9.52. The van der Waals surface area contributed by atoms with E-state index < -0.39 is 0 Å². The molecule has 1 aromatic heterocycles. The number of nitrogens with two attached hydrogens (primary N) is 1. The molecule has 72 valence electrons. The van der Waals surface area contributed by atoms with Crippen LogP contribution in [0.25, 0.3) is 0 Å². The highest BCUT2D eigenvalue weighted by Crippen LogP contribution is 1.99. The van der Waals surface area contributed by atoms with Crippen LogP contribution in [0.4, 0.5) is 5.82 Å². The highest BCUT2D eigenvalue weighted by Gasteiger charge is 1.94. The number of nitrogens with one attached hydrogen (secondary N) is 1. The van der Waals surface area contributed by atoms with Gasteiger partial charge in [-0.1, -0.05) is 0 Å². The van der Waals surface area contributed by atoms with Crippen LogP contribution >= 0.6 is 0 Å². The van der Waals surface area contributed by atoms with Crippen LogP contribution in [0.15, 0.2) is 12.4 Å². The van der Waals surface area contributed by atoms with Gasteiger partial charge in [-0.15, -0.1) is 0 Å². The molecule has 1 aromatic rings. The maximum atomic E-state index is 5.38. The molecule has 0 radical (unpaired) electrons. The largest absolute Gasteiger partial charge is 0.383 e. The molecule has 3 N–H and O–H groups in total. The first-order valence-electron chi connectivity index (χ1n) is 4.10. The van der Waals surface area contributed by atoms with E-state index in [0.717, 1.165) is 18.1 Å². The highest BCUT2D eigenvalue weighted by atomic mass is 16.5. The molecule has 0 aliphatic heterocycles. The minimum Gasteiger partial charge on any atom is -0.383 e. The molecule has 1 heterocycles. The van der Waals surface area contributed by atoms with E-state index in [1.165, 1.54) is 0 Å². The molecule has 0 amide bonds. The lowest BCUT2D eigenvalue weighted by molar-refractivity contribution is 0.210. The Morgan fingerprint density at radius 2 is 2.31 bits per heavy atom. The van der Waals surface area contributed by atoms with Gasteiger partial charge in [-0.05, 0) is 0 Å².